The summed E-state index contributed by atoms with van der Waals surface area (Å²) >= 11 is 0. The minimum absolute atomic E-state index is 0.131. The van der Waals surface area contributed by atoms with Gasteiger partial charge in [-0.2, -0.15) is 13.2 Å². The van der Waals surface area contributed by atoms with Gasteiger partial charge in [0.05, 0.1) is 5.56 Å². The number of alkyl halides is 5. The molecule has 1 aromatic rings. The van der Waals surface area contributed by atoms with Crippen LogP contribution in [0.1, 0.15) is 23.6 Å². The highest BCUT2D eigenvalue weighted by Gasteiger charge is 2.35. The molecule has 0 atom stereocenters. The van der Waals surface area contributed by atoms with Crippen molar-refractivity contribution >= 4 is 5.69 Å². The van der Waals surface area contributed by atoms with Gasteiger partial charge in [-0.05, 0) is 24.6 Å². The van der Waals surface area contributed by atoms with Gasteiger partial charge in [0.1, 0.15) is 0 Å². The van der Waals surface area contributed by atoms with E-state index in [0.29, 0.717) is 19.1 Å². The van der Waals surface area contributed by atoms with Crippen molar-refractivity contribution < 1.29 is 22.0 Å². The summed E-state index contributed by atoms with van der Waals surface area (Å²) in [5, 5.41) is 0. The lowest BCUT2D eigenvalue weighted by Gasteiger charge is -2.18. The maximum Gasteiger partial charge on any atom is 0.418 e. The van der Waals surface area contributed by atoms with Crippen molar-refractivity contribution in [1.82, 2.24) is 0 Å². The van der Waals surface area contributed by atoms with E-state index in [4.69, 9.17) is 5.73 Å². The molecule has 1 rings (SSSR count). The van der Waals surface area contributed by atoms with Gasteiger partial charge in [0.25, 0.3) is 5.92 Å². The maximum atomic E-state index is 13.0. The third kappa shape index (κ3) is 2.43. The fourth-order valence-electron chi connectivity index (χ4n) is 1.44. The van der Waals surface area contributed by atoms with Gasteiger partial charge < -0.3 is 5.73 Å². The Hall–Kier alpha value is -1.33. The zero-order valence-electron chi connectivity index (χ0n) is 8.62. The van der Waals surface area contributed by atoms with Crippen LogP contribution in [-0.2, 0) is 12.1 Å². The molecule has 6 heteroatoms. The van der Waals surface area contributed by atoms with Crippen molar-refractivity contribution in [2.24, 2.45) is 0 Å². The van der Waals surface area contributed by atoms with E-state index < -0.39 is 28.9 Å². The number of halogens is 5. The minimum atomic E-state index is -4.63. The second-order valence-corrected chi connectivity index (χ2v) is 3.64. The number of rotatable bonds is 1. The maximum absolute atomic E-state index is 13.0. The first-order chi connectivity index (χ1) is 7.03. The van der Waals surface area contributed by atoms with Crippen molar-refractivity contribution in [3.05, 3.63) is 28.8 Å². The molecule has 0 aromatic heterocycles. The Kier molecular flexibility index (Phi) is 2.87. The number of nitrogen functional groups attached to an aromatic ring is 1. The van der Waals surface area contributed by atoms with Gasteiger partial charge in [0, 0.05) is 18.2 Å². The standard InChI is InChI=1S/C10H10F5N/c1-5-3-7(10(13,14)15)8(16)4-6(5)9(2,11)12/h3-4H,16H2,1-2H3. The Balaban J connectivity index is 3.40. The highest BCUT2D eigenvalue weighted by molar-refractivity contribution is 5.54. The molecule has 0 aliphatic heterocycles. The number of anilines is 1. The summed E-state index contributed by atoms with van der Waals surface area (Å²) in [5.74, 6) is -3.21. The Morgan fingerprint density at radius 1 is 1.00 bits per heavy atom. The molecule has 0 fully saturated rings. The molecule has 0 aliphatic rings. The SMILES string of the molecule is Cc1cc(C(F)(F)F)c(N)cc1C(C)(F)F. The quantitative estimate of drug-likeness (QED) is 0.586. The predicted octanol–water partition coefficient (Wildman–Crippen LogP) is 3.71. The molecule has 0 saturated carbocycles. The second-order valence-electron chi connectivity index (χ2n) is 3.64. The van der Waals surface area contributed by atoms with E-state index in [0.717, 1.165) is 0 Å². The average Bonchev–Trinajstić information content (AvgIpc) is 2.04. The fraction of sp³-hybridized carbons (Fsp3) is 0.400. The molecule has 1 aromatic carbocycles. The fourth-order valence-corrected chi connectivity index (χ4v) is 1.44. The summed E-state index contributed by atoms with van der Waals surface area (Å²) in [6.45, 7) is 1.81. The van der Waals surface area contributed by atoms with E-state index in [1.54, 1.807) is 0 Å². The molecule has 1 nitrogen and oxygen atoms in total. The molecule has 0 spiro atoms. The molecule has 90 valence electrons. The molecule has 0 amide bonds. The number of hydrogen-bond donors (Lipinski definition) is 1. The minimum Gasteiger partial charge on any atom is -0.398 e. The summed E-state index contributed by atoms with van der Waals surface area (Å²) in [5.41, 5.74) is 2.73. The highest BCUT2D eigenvalue weighted by Crippen LogP contribution is 2.38. The number of aryl methyl sites for hydroxylation is 1. The molecule has 0 bridgehead atoms. The lowest BCUT2D eigenvalue weighted by molar-refractivity contribution is -0.137. The van der Waals surface area contributed by atoms with E-state index in [9.17, 15) is 22.0 Å². The molecule has 0 heterocycles. The van der Waals surface area contributed by atoms with Gasteiger partial charge in [-0.25, -0.2) is 8.78 Å². The summed E-state index contributed by atoms with van der Waals surface area (Å²) < 4.78 is 63.1. The van der Waals surface area contributed by atoms with E-state index in [1.807, 2.05) is 0 Å². The first-order valence-electron chi connectivity index (χ1n) is 4.39. The van der Waals surface area contributed by atoms with Crippen molar-refractivity contribution in [3.8, 4) is 0 Å². The summed E-state index contributed by atoms with van der Waals surface area (Å²) in [4.78, 5) is 0. The molecular formula is C10H10F5N. The van der Waals surface area contributed by atoms with E-state index in [2.05, 4.69) is 0 Å². The first-order valence-corrected chi connectivity index (χ1v) is 4.39. The monoisotopic (exact) mass is 239 g/mol. The van der Waals surface area contributed by atoms with Crippen LogP contribution < -0.4 is 5.73 Å². The van der Waals surface area contributed by atoms with E-state index >= 15 is 0 Å². The van der Waals surface area contributed by atoms with Crippen molar-refractivity contribution in [2.45, 2.75) is 25.9 Å². The molecule has 0 aliphatic carbocycles. The van der Waals surface area contributed by atoms with Crippen LogP contribution in [0.5, 0.6) is 0 Å². The Morgan fingerprint density at radius 3 is 1.88 bits per heavy atom. The Morgan fingerprint density at radius 2 is 1.50 bits per heavy atom. The zero-order chi connectivity index (χ0) is 12.7. The molecule has 0 saturated heterocycles. The van der Waals surface area contributed by atoms with Crippen LogP contribution in [0.2, 0.25) is 0 Å². The predicted molar refractivity (Wildman–Crippen MR) is 50.2 cm³/mol. The summed E-state index contributed by atoms with van der Waals surface area (Å²) in [6, 6.07) is 1.32. The lowest BCUT2D eigenvalue weighted by atomic mass is 9.99. The first kappa shape index (κ1) is 12.7. The number of benzene rings is 1. The van der Waals surface area contributed by atoms with Crippen molar-refractivity contribution in [1.29, 1.82) is 0 Å². The average molecular weight is 239 g/mol. The normalized spacial score (nSPS) is 12.9. The van der Waals surface area contributed by atoms with E-state index in [-0.39, 0.29) is 5.56 Å². The number of nitrogens with two attached hydrogens (primary N) is 1. The van der Waals surface area contributed by atoms with Gasteiger partial charge >= 0.3 is 6.18 Å². The third-order valence-corrected chi connectivity index (χ3v) is 2.17. The largest absolute Gasteiger partial charge is 0.418 e. The van der Waals surface area contributed by atoms with Crippen LogP contribution in [0.25, 0.3) is 0 Å². The van der Waals surface area contributed by atoms with Crippen LogP contribution in [0, 0.1) is 6.92 Å². The van der Waals surface area contributed by atoms with Gasteiger partial charge in [-0.1, -0.05) is 0 Å². The number of hydrogen-bond acceptors (Lipinski definition) is 1. The summed E-state index contributed by atoms with van der Waals surface area (Å²) in [7, 11) is 0. The molecule has 2 N–H and O–H groups in total. The smallest absolute Gasteiger partial charge is 0.398 e. The summed E-state index contributed by atoms with van der Waals surface area (Å²) in [6.07, 6.45) is -4.63. The van der Waals surface area contributed by atoms with E-state index in [1.165, 1.54) is 6.92 Å². The second kappa shape index (κ2) is 3.61. The zero-order valence-corrected chi connectivity index (χ0v) is 8.62. The van der Waals surface area contributed by atoms with Crippen LogP contribution in [-0.4, -0.2) is 0 Å². The molecule has 16 heavy (non-hydrogen) atoms. The van der Waals surface area contributed by atoms with Crippen LogP contribution in [0.3, 0.4) is 0 Å². The van der Waals surface area contributed by atoms with Crippen molar-refractivity contribution in [3.63, 3.8) is 0 Å². The van der Waals surface area contributed by atoms with Gasteiger partial charge in [-0.3, -0.25) is 0 Å². The topological polar surface area (TPSA) is 26.0 Å². The van der Waals surface area contributed by atoms with Crippen LogP contribution >= 0.6 is 0 Å². The Bertz CT molecular complexity index is 363. The van der Waals surface area contributed by atoms with Gasteiger partial charge in [-0.15, -0.1) is 0 Å². The third-order valence-electron chi connectivity index (χ3n) is 2.17. The molecular weight excluding hydrogens is 229 g/mol. The highest BCUT2D eigenvalue weighted by atomic mass is 19.4. The molecule has 0 radical (unpaired) electrons. The van der Waals surface area contributed by atoms with Gasteiger partial charge in [0.2, 0.25) is 0 Å². The Labute approximate surface area is 89.1 Å². The lowest BCUT2D eigenvalue weighted by Crippen LogP contribution is -2.14. The van der Waals surface area contributed by atoms with Crippen molar-refractivity contribution in [2.75, 3.05) is 5.73 Å². The van der Waals surface area contributed by atoms with Gasteiger partial charge in [0.15, 0.2) is 0 Å². The molecule has 0 unspecified atom stereocenters. The van der Waals surface area contributed by atoms with Crippen LogP contribution in [0.15, 0.2) is 12.1 Å². The van der Waals surface area contributed by atoms with Crippen LogP contribution in [0.4, 0.5) is 27.6 Å².